The van der Waals surface area contributed by atoms with Crippen molar-refractivity contribution >= 4 is 28.0 Å². The summed E-state index contributed by atoms with van der Waals surface area (Å²) >= 11 is 0. The molecule has 0 saturated carbocycles. The van der Waals surface area contributed by atoms with Gasteiger partial charge in [0.05, 0.1) is 42.5 Å². The first kappa shape index (κ1) is 45.9. The van der Waals surface area contributed by atoms with E-state index in [-0.39, 0.29) is 28.4 Å². The van der Waals surface area contributed by atoms with Crippen LogP contribution in [0.4, 0.5) is 70.2 Å². The zero-order valence-electron chi connectivity index (χ0n) is 30.9. The third-order valence-electron chi connectivity index (χ3n) is 8.98. The highest BCUT2D eigenvalue weighted by Gasteiger charge is 2.52. The van der Waals surface area contributed by atoms with Crippen molar-refractivity contribution in [2.45, 2.75) is 6.54 Å². The first-order valence-corrected chi connectivity index (χ1v) is 16.2. The fourth-order valence-electron chi connectivity index (χ4n) is 6.62. The number of methoxy groups -OCH3 is 4. The van der Waals surface area contributed by atoms with E-state index >= 15 is 52.7 Å². The van der Waals surface area contributed by atoms with Gasteiger partial charge in [0.1, 0.15) is 59.2 Å². The minimum Gasteiger partial charge on any atom is -0.491 e. The lowest BCUT2D eigenvalue weighted by Crippen LogP contribution is -3.04. The molecule has 5 aromatic rings. The molecule has 5 rings (SSSR count). The minimum atomic E-state index is -6.61. The lowest BCUT2D eigenvalue weighted by molar-refractivity contribution is -0.872. The Morgan fingerprint density at radius 1 is 0.356 bits per heavy atom. The molecule has 0 aliphatic carbocycles. The summed E-state index contributed by atoms with van der Waals surface area (Å²) in [6.45, 7) is 1.11. The molecule has 0 radical (unpaired) electrons. The highest BCUT2D eigenvalue weighted by Crippen LogP contribution is 2.36. The summed E-state index contributed by atoms with van der Waals surface area (Å²) in [5.74, 6) is -57.2. The maximum Gasteiger partial charge on any atom is 0.206 e. The zero-order valence-corrected chi connectivity index (χ0v) is 30.9. The van der Waals surface area contributed by atoms with Crippen LogP contribution in [-0.4, -0.2) is 48.7 Å². The molecule has 0 unspecified atom stereocenters. The van der Waals surface area contributed by atoms with Gasteiger partial charge in [-0.2, -0.15) is 17.6 Å². The van der Waals surface area contributed by atoms with Crippen LogP contribution >= 0.6 is 0 Å². The van der Waals surface area contributed by atoms with E-state index in [9.17, 15) is 17.6 Å². The third-order valence-corrected chi connectivity index (χ3v) is 8.98. The minimum absolute atomic E-state index is 0.266. The van der Waals surface area contributed by atoms with Crippen LogP contribution in [0.2, 0.25) is 0 Å². The summed E-state index contributed by atoms with van der Waals surface area (Å²) in [5.41, 5.74) is -10.4. The van der Waals surface area contributed by atoms with Crippen LogP contribution in [0.5, 0.6) is 23.0 Å². The number of quaternary nitrogens is 1. The molecule has 0 bridgehead atoms. The molecule has 59 heavy (non-hydrogen) atoms. The summed E-state index contributed by atoms with van der Waals surface area (Å²) in [6, 6.07) is 10.5. The van der Waals surface area contributed by atoms with E-state index in [2.05, 4.69) is 63.4 Å². The molecule has 0 amide bonds. The Morgan fingerprint density at radius 3 is 0.797 bits per heavy atom. The van der Waals surface area contributed by atoms with Crippen molar-refractivity contribution in [2.75, 3.05) is 42.5 Å². The van der Waals surface area contributed by atoms with Gasteiger partial charge in [0.2, 0.25) is 23.3 Å². The Labute approximate surface area is 323 Å². The maximum atomic E-state index is 16.3. The first-order chi connectivity index (χ1) is 27.6. The SMILES string of the molecule is COc1c(F)c(F)c(F)c([B-](c2c(F)c(F)c(F)c(OC)c2F)(c2c(F)c(F)c(F)c(OC)c2F)c2c(F)c(F)c(F)c(OC)c2F)c1F.C[NH+](C)Cc1ccccc1. The van der Waals surface area contributed by atoms with E-state index in [0.29, 0.717) is 0 Å². The zero-order chi connectivity index (χ0) is 44.6. The van der Waals surface area contributed by atoms with Gasteiger partial charge >= 0.3 is 0 Å². The molecule has 0 aliphatic rings. The fourth-order valence-corrected chi connectivity index (χ4v) is 6.62. The van der Waals surface area contributed by atoms with E-state index in [1.807, 2.05) is 0 Å². The van der Waals surface area contributed by atoms with Crippen LogP contribution in [-0.2, 0) is 6.54 Å². The van der Waals surface area contributed by atoms with E-state index in [0.717, 1.165) is 6.54 Å². The number of ether oxygens (including phenoxy) is 4. The molecule has 0 atom stereocenters. The van der Waals surface area contributed by atoms with E-state index in [1.165, 1.54) is 10.5 Å². The number of benzene rings is 5. The van der Waals surface area contributed by atoms with Gasteiger partial charge < -0.3 is 23.8 Å². The molecule has 0 saturated heterocycles. The van der Waals surface area contributed by atoms with Gasteiger partial charge in [-0.1, -0.05) is 30.3 Å². The van der Waals surface area contributed by atoms with Crippen molar-refractivity contribution in [2.24, 2.45) is 0 Å². The van der Waals surface area contributed by atoms with E-state index in [1.54, 1.807) is 0 Å². The smallest absolute Gasteiger partial charge is 0.206 e. The van der Waals surface area contributed by atoms with Crippen molar-refractivity contribution in [1.29, 1.82) is 0 Å². The predicted molar refractivity (Wildman–Crippen MR) is 179 cm³/mol. The standard InChI is InChI=1S/C28H12BF16O4.C9H13N/c1-46-25-13(34)5(9(30)17(38)21(25)42)29(6-10(31)18(39)22(43)26(47-2)14(6)35,7-11(32)19(40)23(44)27(48-3)15(7)36)8-12(33)20(41)24(45)28(49-4)16(8)37;1-10(2)8-9-6-4-3-5-7-9/h1-4H3;3-7H,8H2,1-2H3/q-1;/p+1. The van der Waals surface area contributed by atoms with Gasteiger partial charge in [0.15, 0.2) is 46.3 Å². The number of rotatable bonds is 10. The van der Waals surface area contributed by atoms with Crippen molar-refractivity contribution in [1.82, 2.24) is 0 Å². The summed E-state index contributed by atoms with van der Waals surface area (Å²) < 4.78 is 266. The Kier molecular flexibility index (Phi) is 13.7. The van der Waals surface area contributed by atoms with Gasteiger partial charge in [-0.05, 0) is 0 Å². The van der Waals surface area contributed by atoms with Crippen LogP contribution in [0.3, 0.4) is 0 Å². The molecule has 22 heteroatoms. The quantitative estimate of drug-likeness (QED) is 0.0854. The molecule has 5 nitrogen and oxygen atoms in total. The topological polar surface area (TPSA) is 41.4 Å². The Bertz CT molecular complexity index is 2150. The Hall–Kier alpha value is -5.80. The van der Waals surface area contributed by atoms with Gasteiger partial charge in [-0.15, -0.1) is 21.9 Å². The summed E-state index contributed by atoms with van der Waals surface area (Å²) in [5, 5.41) is 0. The highest BCUT2D eigenvalue weighted by atomic mass is 19.2. The monoisotopic (exact) mass is 863 g/mol. The molecular formula is C37H26BF16NO4. The fraction of sp³-hybridized carbons (Fsp3) is 0.189. The normalized spacial score (nSPS) is 11.4. The van der Waals surface area contributed by atoms with Crippen molar-refractivity contribution in [3.05, 3.63) is 129 Å². The number of hydrogen-bond acceptors (Lipinski definition) is 4. The van der Waals surface area contributed by atoms with Gasteiger partial charge in [0.25, 0.3) is 0 Å². The van der Waals surface area contributed by atoms with Crippen LogP contribution in [0.15, 0.2) is 30.3 Å². The summed E-state index contributed by atoms with van der Waals surface area (Å²) in [7, 11) is 5.39. The molecule has 1 N–H and O–H groups in total. The van der Waals surface area contributed by atoms with E-state index < -0.39 is 144 Å². The molecule has 0 heterocycles. The molecule has 0 aromatic heterocycles. The largest absolute Gasteiger partial charge is 0.491 e. The van der Waals surface area contributed by atoms with Crippen LogP contribution in [0.25, 0.3) is 0 Å². The number of nitrogens with one attached hydrogen (secondary N) is 1. The summed E-state index contributed by atoms with van der Waals surface area (Å²) in [4.78, 5) is 1.46. The van der Waals surface area contributed by atoms with Gasteiger partial charge in [0, 0.05) is 5.56 Å². The molecule has 0 aliphatic heterocycles. The van der Waals surface area contributed by atoms with Crippen LogP contribution < -0.4 is 45.7 Å². The van der Waals surface area contributed by atoms with E-state index in [4.69, 9.17) is 0 Å². The van der Waals surface area contributed by atoms with Crippen LogP contribution in [0.1, 0.15) is 5.56 Å². The Morgan fingerprint density at radius 2 is 0.593 bits per heavy atom. The van der Waals surface area contributed by atoms with Crippen LogP contribution in [0, 0.1) is 93.1 Å². The number of hydrogen-bond donors (Lipinski definition) is 1. The average Bonchev–Trinajstić information content (AvgIpc) is 3.19. The maximum absolute atomic E-state index is 16.3. The lowest BCUT2D eigenvalue weighted by atomic mass is 9.12. The highest BCUT2D eigenvalue weighted by molar-refractivity contribution is 7.20. The number of halogens is 16. The first-order valence-electron chi connectivity index (χ1n) is 16.2. The molecular weight excluding hydrogens is 837 g/mol. The van der Waals surface area contributed by atoms with Crippen molar-refractivity contribution < 1.29 is 94.1 Å². The Balaban J connectivity index is 0.000000670. The van der Waals surface area contributed by atoms with Gasteiger partial charge in [-0.25, -0.2) is 52.7 Å². The second kappa shape index (κ2) is 17.6. The van der Waals surface area contributed by atoms with Crippen molar-refractivity contribution in [3.63, 3.8) is 0 Å². The third kappa shape index (κ3) is 7.31. The average molecular weight is 863 g/mol. The molecule has 318 valence electrons. The second-order valence-electron chi connectivity index (χ2n) is 12.5. The van der Waals surface area contributed by atoms with Gasteiger partial charge in [-0.3, -0.25) is 0 Å². The predicted octanol–water partition coefficient (Wildman–Crippen LogP) is 5.66. The molecule has 0 fully saturated rings. The second-order valence-corrected chi connectivity index (χ2v) is 12.5. The lowest BCUT2D eigenvalue weighted by Gasteiger charge is -2.45. The molecule has 5 aromatic carbocycles. The summed E-state index contributed by atoms with van der Waals surface area (Å²) in [6.07, 6.45) is -6.61. The molecule has 0 spiro atoms. The van der Waals surface area contributed by atoms with Crippen molar-refractivity contribution in [3.8, 4) is 23.0 Å².